The number of aromatic nitrogens is 3. The van der Waals surface area contributed by atoms with Crippen molar-refractivity contribution in [3.05, 3.63) is 54.6 Å². The largest absolute Gasteiger partial charge is 0.357 e. The van der Waals surface area contributed by atoms with Gasteiger partial charge in [-0.05, 0) is 42.8 Å². The van der Waals surface area contributed by atoms with Crippen LogP contribution in [0.5, 0.6) is 0 Å². The Labute approximate surface area is 152 Å². The maximum absolute atomic E-state index is 12.3. The van der Waals surface area contributed by atoms with E-state index in [9.17, 15) is 4.79 Å². The van der Waals surface area contributed by atoms with E-state index < -0.39 is 0 Å². The van der Waals surface area contributed by atoms with Gasteiger partial charge in [0.05, 0.1) is 6.54 Å². The topological polar surface area (TPSA) is 63.1 Å². The molecule has 1 aliphatic rings. The first-order valence-electron chi connectivity index (χ1n) is 9.17. The van der Waals surface area contributed by atoms with Crippen molar-refractivity contribution in [1.82, 2.24) is 19.9 Å². The smallest absolute Gasteiger partial charge is 0.240 e. The number of nitrogens with zero attached hydrogens (tertiary/aromatic N) is 4. The molecule has 1 N–H and O–H groups in total. The highest BCUT2D eigenvalue weighted by atomic mass is 16.1. The van der Waals surface area contributed by atoms with Gasteiger partial charge >= 0.3 is 0 Å². The molecule has 3 heterocycles. The van der Waals surface area contributed by atoms with Gasteiger partial charge in [0.15, 0.2) is 0 Å². The Bertz CT molecular complexity index is 898. The number of hydrogen-bond donors (Lipinski definition) is 1. The number of rotatable bonds is 5. The second-order valence-electron chi connectivity index (χ2n) is 6.66. The molecule has 4 rings (SSSR count). The van der Waals surface area contributed by atoms with Gasteiger partial charge in [-0.15, -0.1) is 0 Å². The van der Waals surface area contributed by atoms with Gasteiger partial charge < -0.3 is 14.8 Å². The van der Waals surface area contributed by atoms with E-state index in [1.807, 2.05) is 47.2 Å². The van der Waals surface area contributed by atoms with Gasteiger partial charge in [0.1, 0.15) is 18.2 Å². The Morgan fingerprint density at radius 1 is 1.08 bits per heavy atom. The van der Waals surface area contributed by atoms with E-state index in [1.54, 1.807) is 6.20 Å². The summed E-state index contributed by atoms with van der Waals surface area (Å²) in [5, 5.41) is 4.07. The van der Waals surface area contributed by atoms with Gasteiger partial charge in [-0.2, -0.15) is 0 Å². The predicted octanol–water partition coefficient (Wildman–Crippen LogP) is 2.74. The molecule has 0 bridgehead atoms. The van der Waals surface area contributed by atoms with Crippen molar-refractivity contribution >= 4 is 22.6 Å². The van der Waals surface area contributed by atoms with Crippen molar-refractivity contribution in [2.45, 2.75) is 32.4 Å². The summed E-state index contributed by atoms with van der Waals surface area (Å²) < 4.78 is 1.95. The maximum Gasteiger partial charge on any atom is 0.240 e. The highest BCUT2D eigenvalue weighted by Crippen LogP contribution is 2.17. The summed E-state index contributed by atoms with van der Waals surface area (Å²) in [6.07, 6.45) is 7.43. The van der Waals surface area contributed by atoms with Crippen molar-refractivity contribution in [2.75, 3.05) is 18.0 Å². The first-order chi connectivity index (χ1) is 12.8. The monoisotopic (exact) mass is 349 g/mol. The Morgan fingerprint density at radius 2 is 1.92 bits per heavy atom. The van der Waals surface area contributed by atoms with Crippen LogP contribution in [0, 0.1) is 0 Å². The highest BCUT2D eigenvalue weighted by Gasteiger charge is 2.13. The minimum absolute atomic E-state index is 0.0432. The quantitative estimate of drug-likeness (QED) is 0.769. The lowest BCUT2D eigenvalue weighted by molar-refractivity contribution is -0.121. The molecule has 1 saturated heterocycles. The molecular weight excluding hydrogens is 326 g/mol. The van der Waals surface area contributed by atoms with Gasteiger partial charge in [0, 0.05) is 31.0 Å². The summed E-state index contributed by atoms with van der Waals surface area (Å²) >= 11 is 0. The summed E-state index contributed by atoms with van der Waals surface area (Å²) in [4.78, 5) is 23.5. The zero-order chi connectivity index (χ0) is 17.8. The number of hydrogen-bond acceptors (Lipinski definition) is 4. The van der Waals surface area contributed by atoms with Gasteiger partial charge in [-0.1, -0.05) is 18.2 Å². The van der Waals surface area contributed by atoms with Crippen LogP contribution in [0.2, 0.25) is 0 Å². The molecule has 134 valence electrons. The SMILES string of the molecule is O=C(Cn1ccc2ccccc21)NCc1nccc(N2CCCCC2)n1. The Hall–Kier alpha value is -2.89. The van der Waals surface area contributed by atoms with Crippen LogP contribution < -0.4 is 10.2 Å². The molecular formula is C20H23N5O. The molecule has 1 amide bonds. The van der Waals surface area contributed by atoms with Crippen LogP contribution in [-0.4, -0.2) is 33.5 Å². The number of para-hydroxylation sites is 1. The second-order valence-corrected chi connectivity index (χ2v) is 6.66. The number of nitrogens with one attached hydrogen (secondary N) is 1. The molecule has 1 fully saturated rings. The standard InChI is InChI=1S/C20H23N5O/c26-20(15-25-13-9-16-6-2-3-7-17(16)25)22-14-18-21-10-8-19(23-18)24-11-4-1-5-12-24/h2-3,6-10,13H,1,4-5,11-12,14-15H2,(H,22,26). The molecule has 1 aromatic carbocycles. The number of fused-ring (bicyclic) bond motifs is 1. The Kier molecular flexibility index (Phi) is 4.82. The van der Waals surface area contributed by atoms with Crippen LogP contribution in [-0.2, 0) is 17.9 Å². The van der Waals surface area contributed by atoms with Crippen molar-refractivity contribution in [2.24, 2.45) is 0 Å². The van der Waals surface area contributed by atoms with Gasteiger partial charge in [0.2, 0.25) is 5.91 Å². The number of piperidine rings is 1. The average molecular weight is 349 g/mol. The summed E-state index contributed by atoms with van der Waals surface area (Å²) in [7, 11) is 0. The highest BCUT2D eigenvalue weighted by molar-refractivity contribution is 5.83. The summed E-state index contributed by atoms with van der Waals surface area (Å²) in [5.74, 6) is 1.57. The third-order valence-corrected chi connectivity index (χ3v) is 4.81. The number of benzene rings is 1. The molecule has 0 saturated carbocycles. The molecule has 0 unspecified atom stereocenters. The summed E-state index contributed by atoms with van der Waals surface area (Å²) in [6, 6.07) is 12.0. The number of carbonyl (C=O) groups excluding carboxylic acids is 1. The van der Waals surface area contributed by atoms with Gasteiger partial charge in [-0.25, -0.2) is 9.97 Å². The van der Waals surface area contributed by atoms with Crippen LogP contribution in [0.4, 0.5) is 5.82 Å². The number of anilines is 1. The van der Waals surface area contributed by atoms with E-state index in [4.69, 9.17) is 0 Å². The van der Waals surface area contributed by atoms with Crippen molar-refractivity contribution in [3.8, 4) is 0 Å². The van der Waals surface area contributed by atoms with Crippen LogP contribution in [0.3, 0.4) is 0 Å². The Balaban J connectivity index is 1.37. The molecule has 6 heteroatoms. The third kappa shape index (κ3) is 3.69. The molecule has 2 aromatic heterocycles. The molecule has 6 nitrogen and oxygen atoms in total. The second kappa shape index (κ2) is 7.56. The lowest BCUT2D eigenvalue weighted by Crippen LogP contribution is -2.31. The minimum Gasteiger partial charge on any atom is -0.357 e. The van der Waals surface area contributed by atoms with E-state index in [2.05, 4.69) is 20.2 Å². The van der Waals surface area contributed by atoms with Crippen LogP contribution >= 0.6 is 0 Å². The predicted molar refractivity (Wildman–Crippen MR) is 102 cm³/mol. The van der Waals surface area contributed by atoms with Gasteiger partial charge in [-0.3, -0.25) is 4.79 Å². The van der Waals surface area contributed by atoms with E-state index in [1.165, 1.54) is 19.3 Å². The van der Waals surface area contributed by atoms with Crippen LogP contribution in [0.15, 0.2) is 48.8 Å². The van der Waals surface area contributed by atoms with Crippen LogP contribution in [0.1, 0.15) is 25.1 Å². The molecule has 0 atom stereocenters. The molecule has 26 heavy (non-hydrogen) atoms. The normalized spacial score (nSPS) is 14.5. The fourth-order valence-corrected chi connectivity index (χ4v) is 3.44. The first kappa shape index (κ1) is 16.6. The number of amides is 1. The first-order valence-corrected chi connectivity index (χ1v) is 9.17. The van der Waals surface area contributed by atoms with Crippen molar-refractivity contribution in [1.29, 1.82) is 0 Å². The van der Waals surface area contributed by atoms with E-state index in [0.29, 0.717) is 18.9 Å². The molecule has 3 aromatic rings. The maximum atomic E-state index is 12.3. The van der Waals surface area contributed by atoms with Crippen molar-refractivity contribution in [3.63, 3.8) is 0 Å². The zero-order valence-electron chi connectivity index (χ0n) is 14.8. The van der Waals surface area contributed by atoms with E-state index in [0.717, 1.165) is 29.8 Å². The van der Waals surface area contributed by atoms with E-state index in [-0.39, 0.29) is 5.91 Å². The fraction of sp³-hybridized carbons (Fsp3) is 0.350. The summed E-state index contributed by atoms with van der Waals surface area (Å²) in [5.41, 5.74) is 1.06. The molecule has 1 aliphatic heterocycles. The fourth-order valence-electron chi connectivity index (χ4n) is 3.44. The average Bonchev–Trinajstić information content (AvgIpc) is 3.10. The van der Waals surface area contributed by atoms with Gasteiger partial charge in [0.25, 0.3) is 0 Å². The molecule has 0 radical (unpaired) electrons. The third-order valence-electron chi connectivity index (χ3n) is 4.81. The lowest BCUT2D eigenvalue weighted by Gasteiger charge is -2.27. The Morgan fingerprint density at radius 3 is 2.81 bits per heavy atom. The molecule has 0 spiro atoms. The summed E-state index contributed by atoms with van der Waals surface area (Å²) in [6.45, 7) is 2.73. The van der Waals surface area contributed by atoms with E-state index >= 15 is 0 Å². The number of carbonyl (C=O) groups is 1. The zero-order valence-corrected chi connectivity index (χ0v) is 14.8. The lowest BCUT2D eigenvalue weighted by atomic mass is 10.1. The van der Waals surface area contributed by atoms with Crippen molar-refractivity contribution < 1.29 is 4.79 Å². The minimum atomic E-state index is -0.0432. The van der Waals surface area contributed by atoms with Crippen LogP contribution in [0.25, 0.3) is 10.9 Å². The molecule has 0 aliphatic carbocycles.